The number of nitrogens with zero attached hydrogens (tertiary/aromatic N) is 1. The fourth-order valence-corrected chi connectivity index (χ4v) is 1.36. The summed E-state index contributed by atoms with van der Waals surface area (Å²) in [5.41, 5.74) is 2.00. The van der Waals surface area contributed by atoms with E-state index in [2.05, 4.69) is 5.32 Å². The number of halogens is 2. The number of aliphatic hydroxyl groups is 1. The van der Waals surface area contributed by atoms with Crippen LogP contribution in [0.5, 0.6) is 0 Å². The minimum atomic E-state index is -3.05. The van der Waals surface area contributed by atoms with E-state index >= 15 is 0 Å². The van der Waals surface area contributed by atoms with Crippen LogP contribution in [-0.4, -0.2) is 38.3 Å². The Morgan fingerprint density at radius 1 is 1.24 bits per heavy atom. The Morgan fingerprint density at radius 2 is 1.82 bits per heavy atom. The number of hydrogen-bond acceptors (Lipinski definition) is 3. The third-order valence-electron chi connectivity index (χ3n) is 2.40. The van der Waals surface area contributed by atoms with Crippen molar-refractivity contribution in [3.05, 3.63) is 29.8 Å². The predicted molar refractivity (Wildman–Crippen MR) is 64.5 cm³/mol. The van der Waals surface area contributed by atoms with Gasteiger partial charge in [-0.2, -0.15) is 0 Å². The summed E-state index contributed by atoms with van der Waals surface area (Å²) >= 11 is 0. The average molecular weight is 244 g/mol. The molecule has 0 atom stereocenters. The van der Waals surface area contributed by atoms with Crippen LogP contribution in [-0.2, 0) is 6.54 Å². The Bertz CT molecular complexity index is 339. The Labute approximate surface area is 100 Å². The zero-order valence-electron chi connectivity index (χ0n) is 10.1. The summed E-state index contributed by atoms with van der Waals surface area (Å²) in [6, 6.07) is 7.64. The SMILES string of the molecule is CN(C)c1ccc(CNCC(F)(F)CO)cc1. The van der Waals surface area contributed by atoms with Gasteiger partial charge in [0, 0.05) is 26.3 Å². The molecule has 17 heavy (non-hydrogen) atoms. The third kappa shape index (κ3) is 4.66. The summed E-state index contributed by atoms with van der Waals surface area (Å²) in [6.07, 6.45) is 0. The van der Waals surface area contributed by atoms with Crippen molar-refractivity contribution in [2.24, 2.45) is 0 Å². The molecule has 0 aliphatic carbocycles. The largest absolute Gasteiger partial charge is 0.390 e. The van der Waals surface area contributed by atoms with E-state index in [1.165, 1.54) is 0 Å². The maximum Gasteiger partial charge on any atom is 0.282 e. The molecule has 0 radical (unpaired) electrons. The molecule has 96 valence electrons. The lowest BCUT2D eigenvalue weighted by atomic mass is 10.2. The molecule has 0 aliphatic heterocycles. The Morgan fingerprint density at radius 3 is 2.29 bits per heavy atom. The number of nitrogens with one attached hydrogen (secondary N) is 1. The van der Waals surface area contributed by atoms with Crippen LogP contribution in [0.2, 0.25) is 0 Å². The molecule has 0 unspecified atom stereocenters. The van der Waals surface area contributed by atoms with Gasteiger partial charge in [0.2, 0.25) is 0 Å². The first kappa shape index (κ1) is 13.9. The second kappa shape index (κ2) is 5.93. The molecule has 0 spiro atoms. The van der Waals surface area contributed by atoms with Crippen molar-refractivity contribution in [2.45, 2.75) is 12.5 Å². The standard InChI is InChI=1S/C12H18F2N2O/c1-16(2)11-5-3-10(4-6-11)7-15-8-12(13,14)9-17/h3-6,15,17H,7-9H2,1-2H3. The van der Waals surface area contributed by atoms with Gasteiger partial charge in [0.05, 0.1) is 6.54 Å². The Hall–Kier alpha value is -1.20. The van der Waals surface area contributed by atoms with Crippen molar-refractivity contribution in [1.29, 1.82) is 0 Å². The van der Waals surface area contributed by atoms with Crippen LogP contribution < -0.4 is 10.2 Å². The minimum Gasteiger partial charge on any atom is -0.390 e. The number of anilines is 1. The molecule has 0 saturated carbocycles. The maximum absolute atomic E-state index is 12.7. The molecule has 0 amide bonds. The fourth-order valence-electron chi connectivity index (χ4n) is 1.36. The predicted octanol–water partition coefficient (Wildman–Crippen LogP) is 1.47. The second-order valence-corrected chi connectivity index (χ2v) is 4.18. The lowest BCUT2D eigenvalue weighted by Crippen LogP contribution is -2.35. The molecule has 0 fully saturated rings. The van der Waals surface area contributed by atoms with Crippen molar-refractivity contribution in [3.63, 3.8) is 0 Å². The number of benzene rings is 1. The smallest absolute Gasteiger partial charge is 0.282 e. The van der Waals surface area contributed by atoms with E-state index in [1.807, 2.05) is 43.3 Å². The van der Waals surface area contributed by atoms with Crippen LogP contribution >= 0.6 is 0 Å². The monoisotopic (exact) mass is 244 g/mol. The van der Waals surface area contributed by atoms with Gasteiger partial charge >= 0.3 is 0 Å². The van der Waals surface area contributed by atoms with Crippen LogP contribution in [0.25, 0.3) is 0 Å². The van der Waals surface area contributed by atoms with Crippen molar-refractivity contribution in [1.82, 2.24) is 5.32 Å². The van der Waals surface area contributed by atoms with Gasteiger partial charge in [-0.25, -0.2) is 8.78 Å². The molecular formula is C12H18F2N2O. The Kier molecular flexibility index (Phi) is 4.84. The van der Waals surface area contributed by atoms with Gasteiger partial charge in [-0.1, -0.05) is 12.1 Å². The van der Waals surface area contributed by atoms with Gasteiger partial charge in [-0.05, 0) is 17.7 Å². The van der Waals surface area contributed by atoms with Crippen LogP contribution in [0, 0.1) is 0 Å². The van der Waals surface area contributed by atoms with E-state index < -0.39 is 19.1 Å². The van der Waals surface area contributed by atoms with Crippen molar-refractivity contribution >= 4 is 5.69 Å². The number of alkyl halides is 2. The molecule has 2 N–H and O–H groups in total. The number of rotatable bonds is 6. The maximum atomic E-state index is 12.7. The van der Waals surface area contributed by atoms with Crippen molar-refractivity contribution in [3.8, 4) is 0 Å². The van der Waals surface area contributed by atoms with Gasteiger partial charge in [0.15, 0.2) is 0 Å². The molecule has 1 rings (SSSR count). The molecule has 0 saturated heterocycles. The Balaban J connectivity index is 2.42. The first-order valence-electron chi connectivity index (χ1n) is 5.40. The quantitative estimate of drug-likeness (QED) is 0.795. The molecule has 0 heterocycles. The van der Waals surface area contributed by atoms with Gasteiger partial charge in [-0.15, -0.1) is 0 Å². The highest BCUT2D eigenvalue weighted by Crippen LogP contribution is 2.13. The van der Waals surface area contributed by atoms with Gasteiger partial charge in [0.25, 0.3) is 5.92 Å². The summed E-state index contributed by atoms with van der Waals surface area (Å²) in [6.45, 7) is -1.28. The van der Waals surface area contributed by atoms with Gasteiger partial charge < -0.3 is 15.3 Å². The number of aliphatic hydroxyl groups excluding tert-OH is 1. The highest BCUT2D eigenvalue weighted by atomic mass is 19.3. The minimum absolute atomic E-state index is 0.364. The van der Waals surface area contributed by atoms with Crippen LogP contribution in [0.1, 0.15) is 5.56 Å². The molecule has 3 nitrogen and oxygen atoms in total. The summed E-state index contributed by atoms with van der Waals surface area (Å²) in [7, 11) is 3.88. The molecule has 1 aromatic carbocycles. The fraction of sp³-hybridized carbons (Fsp3) is 0.500. The summed E-state index contributed by atoms with van der Waals surface area (Å²) in [5, 5.41) is 11.0. The lowest BCUT2D eigenvalue weighted by molar-refractivity contribution is -0.0477. The summed E-state index contributed by atoms with van der Waals surface area (Å²) in [5.74, 6) is -3.05. The zero-order valence-corrected chi connectivity index (χ0v) is 10.1. The van der Waals surface area contributed by atoms with E-state index in [1.54, 1.807) is 0 Å². The van der Waals surface area contributed by atoms with Crippen molar-refractivity contribution < 1.29 is 13.9 Å². The highest BCUT2D eigenvalue weighted by molar-refractivity contribution is 5.45. The van der Waals surface area contributed by atoms with E-state index in [0.717, 1.165) is 11.3 Å². The third-order valence-corrected chi connectivity index (χ3v) is 2.40. The average Bonchev–Trinajstić information content (AvgIpc) is 2.29. The van der Waals surface area contributed by atoms with Gasteiger partial charge in [-0.3, -0.25) is 0 Å². The highest BCUT2D eigenvalue weighted by Gasteiger charge is 2.26. The molecule has 0 aliphatic rings. The second-order valence-electron chi connectivity index (χ2n) is 4.18. The first-order valence-corrected chi connectivity index (χ1v) is 5.40. The lowest BCUT2D eigenvalue weighted by Gasteiger charge is -2.15. The number of hydrogen-bond donors (Lipinski definition) is 2. The van der Waals surface area contributed by atoms with Gasteiger partial charge in [0.1, 0.15) is 6.61 Å². The van der Waals surface area contributed by atoms with Crippen LogP contribution in [0.4, 0.5) is 14.5 Å². The van der Waals surface area contributed by atoms with Crippen LogP contribution in [0.15, 0.2) is 24.3 Å². The van der Waals surface area contributed by atoms with E-state index in [4.69, 9.17) is 5.11 Å². The molecular weight excluding hydrogens is 226 g/mol. The molecule has 5 heteroatoms. The van der Waals surface area contributed by atoms with E-state index in [0.29, 0.717) is 6.54 Å². The zero-order chi connectivity index (χ0) is 12.9. The van der Waals surface area contributed by atoms with E-state index in [9.17, 15) is 8.78 Å². The van der Waals surface area contributed by atoms with Crippen molar-refractivity contribution in [2.75, 3.05) is 32.1 Å². The normalized spacial score (nSPS) is 11.6. The molecule has 0 aromatic heterocycles. The van der Waals surface area contributed by atoms with Crippen LogP contribution in [0.3, 0.4) is 0 Å². The topological polar surface area (TPSA) is 35.5 Å². The first-order chi connectivity index (χ1) is 7.94. The summed E-state index contributed by atoms with van der Waals surface area (Å²) < 4.78 is 25.4. The summed E-state index contributed by atoms with van der Waals surface area (Å²) in [4.78, 5) is 1.97. The molecule has 0 bridgehead atoms. The molecule has 1 aromatic rings. The van der Waals surface area contributed by atoms with E-state index in [-0.39, 0.29) is 0 Å².